The monoisotopic (exact) mass is 493 g/mol. The van der Waals surface area contributed by atoms with E-state index in [9.17, 15) is 19.8 Å². The van der Waals surface area contributed by atoms with Crippen LogP contribution in [0.25, 0.3) is 0 Å². The summed E-state index contributed by atoms with van der Waals surface area (Å²) < 4.78 is 32.9. The SMILES string of the molecule is CC(C)CCN1C[C@@H]2C[C@H]3[C@@H]4C[C@H](F)C5=CC(=O)C=C[C@]5(C)[C@@]4(F)[C@@H](O)C[C@]3(C)[C@]2(C(=O)CO)O1. The molecule has 4 aliphatic carbocycles. The quantitative estimate of drug-likeness (QED) is 0.612. The van der Waals surface area contributed by atoms with Gasteiger partial charge in [-0.1, -0.05) is 26.8 Å². The van der Waals surface area contributed by atoms with Gasteiger partial charge in [-0.05, 0) is 62.2 Å². The van der Waals surface area contributed by atoms with Gasteiger partial charge in [-0.3, -0.25) is 14.4 Å². The Kier molecular flexibility index (Phi) is 5.76. The molecule has 0 bridgehead atoms. The van der Waals surface area contributed by atoms with Gasteiger partial charge in [0.15, 0.2) is 22.8 Å². The number of fused-ring (bicyclic) bond motifs is 7. The number of hydrogen-bond acceptors (Lipinski definition) is 6. The first-order chi connectivity index (χ1) is 16.3. The molecule has 0 unspecified atom stereocenters. The molecule has 2 N–H and O–H groups in total. The number of carbonyl (C=O) groups is 2. The third-order valence-corrected chi connectivity index (χ3v) is 10.2. The van der Waals surface area contributed by atoms with E-state index in [1.54, 1.807) is 12.0 Å². The maximum atomic E-state index is 17.3. The summed E-state index contributed by atoms with van der Waals surface area (Å²) in [4.78, 5) is 31.8. The zero-order valence-electron chi connectivity index (χ0n) is 21.0. The van der Waals surface area contributed by atoms with Crippen LogP contribution < -0.4 is 0 Å². The van der Waals surface area contributed by atoms with E-state index in [1.807, 2.05) is 6.92 Å². The van der Waals surface area contributed by atoms with E-state index in [2.05, 4.69) is 13.8 Å². The lowest BCUT2D eigenvalue weighted by Gasteiger charge is -2.63. The van der Waals surface area contributed by atoms with Crippen molar-refractivity contribution in [1.29, 1.82) is 0 Å². The Balaban J connectivity index is 1.57. The molecule has 4 fully saturated rings. The first-order valence-electron chi connectivity index (χ1n) is 12.9. The Bertz CT molecular complexity index is 998. The number of nitrogens with zero attached hydrogens (tertiary/aromatic N) is 1. The first-order valence-corrected chi connectivity index (χ1v) is 12.9. The molecule has 35 heavy (non-hydrogen) atoms. The van der Waals surface area contributed by atoms with Crippen LogP contribution in [-0.2, 0) is 14.4 Å². The van der Waals surface area contributed by atoms with E-state index in [0.717, 1.165) is 6.42 Å². The smallest absolute Gasteiger partial charge is 0.192 e. The molecule has 5 aliphatic rings. The normalized spacial score (nSPS) is 48.9. The molecule has 194 valence electrons. The minimum Gasteiger partial charge on any atom is -0.390 e. The summed E-state index contributed by atoms with van der Waals surface area (Å²) in [5.41, 5.74) is -5.92. The number of aliphatic hydroxyl groups excluding tert-OH is 2. The summed E-state index contributed by atoms with van der Waals surface area (Å²) in [7, 11) is 0. The number of hydrogen-bond donors (Lipinski definition) is 2. The van der Waals surface area contributed by atoms with E-state index in [4.69, 9.17) is 4.84 Å². The predicted octanol–water partition coefficient (Wildman–Crippen LogP) is 3.12. The van der Waals surface area contributed by atoms with Crippen molar-refractivity contribution in [3.8, 4) is 0 Å². The molecule has 1 heterocycles. The zero-order valence-corrected chi connectivity index (χ0v) is 21.0. The number of rotatable bonds is 5. The largest absolute Gasteiger partial charge is 0.390 e. The Labute approximate surface area is 205 Å². The fourth-order valence-corrected chi connectivity index (χ4v) is 8.48. The maximum absolute atomic E-state index is 17.3. The number of aliphatic hydroxyl groups is 2. The number of allylic oxidation sites excluding steroid dienone is 4. The highest BCUT2D eigenvalue weighted by Gasteiger charge is 2.79. The van der Waals surface area contributed by atoms with Crippen molar-refractivity contribution in [2.45, 2.75) is 76.9 Å². The lowest BCUT2D eigenvalue weighted by atomic mass is 9.44. The van der Waals surface area contributed by atoms with Gasteiger partial charge in [0.25, 0.3) is 0 Å². The number of carbonyl (C=O) groups excluding carboxylic acids is 2. The lowest BCUT2D eigenvalue weighted by molar-refractivity contribution is -0.267. The number of Topliss-reactive ketones (excluding diaryl/α,β-unsaturated/α-hetero) is 1. The molecule has 0 spiro atoms. The average molecular weight is 494 g/mol. The average Bonchev–Trinajstić information content (AvgIpc) is 3.28. The highest BCUT2D eigenvalue weighted by Crippen LogP contribution is 2.72. The van der Waals surface area contributed by atoms with Gasteiger partial charge >= 0.3 is 0 Å². The standard InChI is InChI=1S/C27H37F2NO5/c1-15(2)6-8-30-13-16-9-18-19-11-21(28)20-10-17(32)5-7-24(20,3)26(19,29)22(33)12-25(18,4)27(16,35-30)23(34)14-31/h5,7,10,15-16,18-19,21-22,31,33H,6,8-9,11-14H2,1-4H3/t16-,18-,19-,21-,22-,24-,25-,26-,27-/m0/s1. The first kappa shape index (κ1) is 25.2. The van der Waals surface area contributed by atoms with Crippen LogP contribution in [0.3, 0.4) is 0 Å². The van der Waals surface area contributed by atoms with E-state index in [-0.39, 0.29) is 30.1 Å². The molecule has 0 aromatic rings. The molecular weight excluding hydrogens is 456 g/mol. The minimum atomic E-state index is -2.19. The molecule has 8 heteroatoms. The van der Waals surface area contributed by atoms with Gasteiger partial charge in [0.2, 0.25) is 0 Å². The summed E-state index contributed by atoms with van der Waals surface area (Å²) in [5, 5.41) is 23.2. The molecule has 0 aromatic heterocycles. The van der Waals surface area contributed by atoms with Crippen molar-refractivity contribution < 1.29 is 33.4 Å². The molecule has 3 saturated carbocycles. The van der Waals surface area contributed by atoms with E-state index >= 15 is 8.78 Å². The molecule has 0 radical (unpaired) electrons. The summed E-state index contributed by atoms with van der Waals surface area (Å²) in [6.07, 6.45) is 1.95. The third-order valence-electron chi connectivity index (χ3n) is 10.2. The van der Waals surface area contributed by atoms with Crippen molar-refractivity contribution >= 4 is 11.6 Å². The Hall–Kier alpha value is -1.48. The summed E-state index contributed by atoms with van der Waals surface area (Å²) in [6.45, 7) is 8.03. The molecule has 0 aromatic carbocycles. The Morgan fingerprint density at radius 3 is 2.66 bits per heavy atom. The van der Waals surface area contributed by atoms with Crippen molar-refractivity contribution in [1.82, 2.24) is 5.06 Å². The second-order valence-corrected chi connectivity index (χ2v) is 12.3. The summed E-state index contributed by atoms with van der Waals surface area (Å²) in [6, 6.07) is 0. The van der Waals surface area contributed by atoms with Crippen LogP contribution in [0.2, 0.25) is 0 Å². The molecule has 5 rings (SSSR count). The summed E-state index contributed by atoms with van der Waals surface area (Å²) >= 11 is 0. The summed E-state index contributed by atoms with van der Waals surface area (Å²) in [5.74, 6) is -1.97. The van der Waals surface area contributed by atoms with Crippen LogP contribution in [0.1, 0.15) is 53.4 Å². The molecule has 1 aliphatic heterocycles. The van der Waals surface area contributed by atoms with Crippen molar-refractivity contribution in [2.75, 3.05) is 19.7 Å². The van der Waals surface area contributed by atoms with Gasteiger partial charge in [-0.2, -0.15) is 5.06 Å². The van der Waals surface area contributed by atoms with E-state index in [0.29, 0.717) is 25.4 Å². The van der Waals surface area contributed by atoms with Crippen LogP contribution >= 0.6 is 0 Å². The molecular formula is C27H37F2NO5. The highest BCUT2D eigenvalue weighted by molar-refractivity contribution is 6.01. The molecule has 1 saturated heterocycles. The van der Waals surface area contributed by atoms with Gasteiger partial charge in [-0.15, -0.1) is 0 Å². The van der Waals surface area contributed by atoms with Gasteiger partial charge < -0.3 is 10.2 Å². The predicted molar refractivity (Wildman–Crippen MR) is 124 cm³/mol. The fraction of sp³-hybridized carbons (Fsp3) is 0.778. The van der Waals surface area contributed by atoms with E-state index in [1.165, 1.54) is 18.2 Å². The Morgan fingerprint density at radius 1 is 1.29 bits per heavy atom. The number of hydroxylamine groups is 2. The third kappa shape index (κ3) is 3.06. The van der Waals surface area contributed by atoms with Crippen molar-refractivity contribution in [3.63, 3.8) is 0 Å². The van der Waals surface area contributed by atoms with Gasteiger partial charge in [0.05, 0.1) is 6.10 Å². The van der Waals surface area contributed by atoms with Crippen LogP contribution in [0.5, 0.6) is 0 Å². The van der Waals surface area contributed by atoms with Crippen molar-refractivity contribution in [3.05, 3.63) is 23.8 Å². The topological polar surface area (TPSA) is 87.1 Å². The number of alkyl halides is 2. The molecule has 0 amide bonds. The van der Waals surface area contributed by atoms with E-state index < -0.39 is 58.6 Å². The van der Waals surface area contributed by atoms with Crippen LogP contribution in [0.4, 0.5) is 8.78 Å². The van der Waals surface area contributed by atoms with Gasteiger partial charge in [0.1, 0.15) is 12.8 Å². The molecule has 9 atom stereocenters. The van der Waals surface area contributed by atoms with Gasteiger partial charge in [-0.25, -0.2) is 8.78 Å². The molecule has 6 nitrogen and oxygen atoms in total. The maximum Gasteiger partial charge on any atom is 0.192 e. The lowest BCUT2D eigenvalue weighted by Crippen LogP contribution is -2.70. The van der Waals surface area contributed by atoms with Crippen LogP contribution in [-0.4, -0.2) is 70.1 Å². The minimum absolute atomic E-state index is 0.0491. The number of ketones is 2. The Morgan fingerprint density at radius 2 is 2.00 bits per heavy atom. The fourth-order valence-electron chi connectivity index (χ4n) is 8.48. The van der Waals surface area contributed by atoms with Crippen LogP contribution in [0, 0.1) is 34.5 Å². The highest BCUT2D eigenvalue weighted by atomic mass is 19.1. The second kappa shape index (κ2) is 8.01. The zero-order chi connectivity index (χ0) is 25.6. The van der Waals surface area contributed by atoms with Crippen molar-refractivity contribution in [2.24, 2.45) is 34.5 Å². The van der Waals surface area contributed by atoms with Gasteiger partial charge in [0, 0.05) is 35.8 Å². The number of halogens is 2. The van der Waals surface area contributed by atoms with Crippen LogP contribution in [0.15, 0.2) is 23.8 Å². The second-order valence-electron chi connectivity index (χ2n) is 12.3.